The van der Waals surface area contributed by atoms with Gasteiger partial charge in [-0.15, -0.1) is 5.47 Å². The summed E-state index contributed by atoms with van der Waals surface area (Å²) in [5, 5.41) is 5.79. The van der Waals surface area contributed by atoms with Crippen LogP contribution in [0.3, 0.4) is 0 Å². The van der Waals surface area contributed by atoms with Crippen molar-refractivity contribution in [1.82, 2.24) is 15.6 Å². The summed E-state index contributed by atoms with van der Waals surface area (Å²) in [6.07, 6.45) is 10.6. The van der Waals surface area contributed by atoms with Gasteiger partial charge in [-0.2, -0.15) is 0 Å². The van der Waals surface area contributed by atoms with Gasteiger partial charge in [-0.1, -0.05) is 24.3 Å². The lowest BCUT2D eigenvalue weighted by Gasteiger charge is -2.40. The Hall–Kier alpha value is -2.57. The number of rotatable bonds is 6. The number of hydrogen-bond acceptors (Lipinski definition) is 4. The van der Waals surface area contributed by atoms with Crippen molar-refractivity contribution in [1.29, 1.82) is 0 Å². The van der Waals surface area contributed by atoms with Gasteiger partial charge < -0.3 is 15.4 Å². The quantitative estimate of drug-likeness (QED) is 0.729. The molecule has 1 fully saturated rings. The molecule has 0 saturated heterocycles. The number of nitrogens with zero attached hydrogens (tertiary/aromatic N) is 1. The molecule has 152 valence electrons. The first-order chi connectivity index (χ1) is 14.0. The first kappa shape index (κ1) is 21.2. The molecule has 2 amide bonds. The summed E-state index contributed by atoms with van der Waals surface area (Å²) in [5.41, 5.74) is 1.28. The van der Waals surface area contributed by atoms with Crippen LogP contribution in [0.5, 0.6) is 0 Å². The summed E-state index contributed by atoms with van der Waals surface area (Å²) in [6, 6.07) is 5.87. The van der Waals surface area contributed by atoms with Gasteiger partial charge >= 0.3 is 6.09 Å². The van der Waals surface area contributed by atoms with E-state index in [1.165, 1.54) is 0 Å². The zero-order valence-corrected chi connectivity index (χ0v) is 16.9. The highest BCUT2D eigenvalue weighted by Crippen LogP contribution is 2.39. The maximum absolute atomic E-state index is 12.7. The first-order valence-corrected chi connectivity index (χ1v) is 10.3. The molecule has 3 rings (SSSR count). The molecule has 2 aliphatic carbocycles. The fourth-order valence-electron chi connectivity index (χ4n) is 4.08. The van der Waals surface area contributed by atoms with Gasteiger partial charge in [-0.3, -0.25) is 9.78 Å². The Morgan fingerprint density at radius 1 is 1.28 bits per heavy atom. The number of allylic oxidation sites excluding steroid dienone is 3. The van der Waals surface area contributed by atoms with Crippen LogP contribution >= 0.6 is 0 Å². The van der Waals surface area contributed by atoms with Crippen molar-refractivity contribution in [3.63, 3.8) is 0 Å². The highest BCUT2D eigenvalue weighted by Gasteiger charge is 2.39. The molecule has 1 aromatic rings. The minimum Gasteiger partial charge on any atom is -0.446 e. The molecule has 2 radical (unpaired) electrons. The molecule has 0 aliphatic heterocycles. The SMILES string of the molecule is [B]C1=CC=CCC1C(=O)NCC1(c2ccccn2)CCC(OC(=O)NCC)CC1. The maximum Gasteiger partial charge on any atom is 0.407 e. The third-order valence-corrected chi connectivity index (χ3v) is 5.81. The molecule has 1 saturated carbocycles. The summed E-state index contributed by atoms with van der Waals surface area (Å²) in [4.78, 5) is 29.1. The molecule has 2 aliphatic rings. The van der Waals surface area contributed by atoms with E-state index in [2.05, 4.69) is 15.6 Å². The largest absolute Gasteiger partial charge is 0.446 e. The Kier molecular flexibility index (Phi) is 7.12. The van der Waals surface area contributed by atoms with Crippen molar-refractivity contribution in [3.8, 4) is 0 Å². The van der Waals surface area contributed by atoms with E-state index in [1.54, 1.807) is 12.3 Å². The molecule has 0 bridgehead atoms. The fourth-order valence-corrected chi connectivity index (χ4v) is 4.08. The summed E-state index contributed by atoms with van der Waals surface area (Å²) in [7, 11) is 6.00. The monoisotopic (exact) mass is 393 g/mol. The lowest BCUT2D eigenvalue weighted by Crippen LogP contribution is -2.47. The number of alkyl carbamates (subject to hydrolysis) is 1. The van der Waals surface area contributed by atoms with Crippen LogP contribution in [-0.4, -0.2) is 44.0 Å². The van der Waals surface area contributed by atoms with Crippen LogP contribution < -0.4 is 10.6 Å². The smallest absolute Gasteiger partial charge is 0.407 e. The molecule has 1 aromatic heterocycles. The van der Waals surface area contributed by atoms with Crippen molar-refractivity contribution >= 4 is 19.8 Å². The van der Waals surface area contributed by atoms with Crippen molar-refractivity contribution in [2.45, 2.75) is 50.5 Å². The summed E-state index contributed by atoms with van der Waals surface area (Å²) >= 11 is 0. The van der Waals surface area contributed by atoms with E-state index in [0.29, 0.717) is 25.0 Å². The van der Waals surface area contributed by atoms with Crippen molar-refractivity contribution < 1.29 is 14.3 Å². The lowest BCUT2D eigenvalue weighted by molar-refractivity contribution is -0.124. The second kappa shape index (κ2) is 9.77. The average molecular weight is 393 g/mol. The number of carbonyl (C=O) groups excluding carboxylic acids is 2. The standard InChI is InChI=1S/C22H28BN3O3/c1-2-24-21(28)29-16-10-12-22(13-11-16,19-9-5-6-14-25-19)15-26-20(27)17-7-3-4-8-18(17)23/h3-6,8-9,14,16-17H,2,7,10-13,15H2,1H3,(H,24,28)(H,26,27). The van der Waals surface area contributed by atoms with Crippen LogP contribution in [0.15, 0.2) is 48.1 Å². The summed E-state index contributed by atoms with van der Waals surface area (Å²) in [5.74, 6) is -0.378. The van der Waals surface area contributed by atoms with E-state index in [1.807, 2.05) is 37.3 Å². The van der Waals surface area contributed by atoms with E-state index in [4.69, 9.17) is 12.6 Å². The van der Waals surface area contributed by atoms with Gasteiger partial charge in [0.1, 0.15) is 14.0 Å². The van der Waals surface area contributed by atoms with Crippen LogP contribution in [0.25, 0.3) is 0 Å². The van der Waals surface area contributed by atoms with E-state index in [0.717, 1.165) is 31.4 Å². The number of pyridine rings is 1. The van der Waals surface area contributed by atoms with Crippen molar-refractivity contribution in [2.75, 3.05) is 13.1 Å². The van der Waals surface area contributed by atoms with E-state index in [-0.39, 0.29) is 29.4 Å². The van der Waals surface area contributed by atoms with E-state index < -0.39 is 0 Å². The zero-order valence-electron chi connectivity index (χ0n) is 16.9. The number of aromatic nitrogens is 1. The van der Waals surface area contributed by atoms with Gasteiger partial charge in [0.25, 0.3) is 0 Å². The molecule has 29 heavy (non-hydrogen) atoms. The molecule has 0 spiro atoms. The van der Waals surface area contributed by atoms with Gasteiger partial charge in [0.2, 0.25) is 5.91 Å². The number of hydrogen-bond donors (Lipinski definition) is 2. The van der Waals surface area contributed by atoms with Crippen LogP contribution in [0.4, 0.5) is 4.79 Å². The average Bonchev–Trinajstić information content (AvgIpc) is 2.74. The Labute approximate surface area is 173 Å². The Bertz CT molecular complexity index is 771. The molecular formula is C22H28BN3O3. The molecule has 7 heteroatoms. The molecule has 2 N–H and O–H groups in total. The predicted molar refractivity (Wildman–Crippen MR) is 112 cm³/mol. The third-order valence-electron chi connectivity index (χ3n) is 5.81. The van der Waals surface area contributed by atoms with Crippen LogP contribution in [0.2, 0.25) is 0 Å². The van der Waals surface area contributed by atoms with Crippen LogP contribution in [0, 0.1) is 5.92 Å². The molecule has 6 nitrogen and oxygen atoms in total. The number of nitrogens with one attached hydrogen (secondary N) is 2. The van der Waals surface area contributed by atoms with Gasteiger partial charge in [-0.25, -0.2) is 4.79 Å². The molecular weight excluding hydrogens is 365 g/mol. The number of ether oxygens (including phenoxy) is 1. The highest BCUT2D eigenvalue weighted by atomic mass is 16.6. The molecule has 1 heterocycles. The van der Waals surface area contributed by atoms with Gasteiger partial charge in [0, 0.05) is 30.4 Å². The van der Waals surface area contributed by atoms with Gasteiger partial charge in [0.15, 0.2) is 0 Å². The number of amides is 2. The van der Waals surface area contributed by atoms with Gasteiger partial charge in [0.05, 0.1) is 5.92 Å². The molecule has 0 aromatic carbocycles. The highest BCUT2D eigenvalue weighted by molar-refractivity contribution is 6.24. The zero-order chi connectivity index (χ0) is 20.7. The van der Waals surface area contributed by atoms with E-state index >= 15 is 0 Å². The molecule has 1 unspecified atom stereocenters. The van der Waals surface area contributed by atoms with Crippen LogP contribution in [0.1, 0.15) is 44.7 Å². The first-order valence-electron chi connectivity index (χ1n) is 10.3. The number of carbonyl (C=O) groups is 2. The maximum atomic E-state index is 12.7. The third kappa shape index (κ3) is 5.28. The molecule has 1 atom stereocenters. The summed E-state index contributed by atoms with van der Waals surface area (Å²) < 4.78 is 5.51. The van der Waals surface area contributed by atoms with Gasteiger partial charge in [-0.05, 0) is 51.2 Å². The predicted octanol–water partition coefficient (Wildman–Crippen LogP) is 2.75. The normalized spacial score (nSPS) is 26.3. The minimum absolute atomic E-state index is 0.0564. The van der Waals surface area contributed by atoms with Crippen molar-refractivity contribution in [2.24, 2.45) is 5.92 Å². The van der Waals surface area contributed by atoms with Crippen molar-refractivity contribution in [3.05, 3.63) is 53.8 Å². The fraction of sp³-hybridized carbons (Fsp3) is 0.500. The minimum atomic E-state index is -0.372. The topological polar surface area (TPSA) is 80.3 Å². The van der Waals surface area contributed by atoms with E-state index in [9.17, 15) is 9.59 Å². The Morgan fingerprint density at radius 3 is 2.72 bits per heavy atom. The van der Waals surface area contributed by atoms with Crippen LogP contribution in [-0.2, 0) is 14.9 Å². The second-order valence-electron chi connectivity index (χ2n) is 7.73. The lowest BCUT2D eigenvalue weighted by atomic mass is 9.70. The second-order valence-corrected chi connectivity index (χ2v) is 7.73. The Morgan fingerprint density at radius 2 is 2.07 bits per heavy atom. The summed E-state index contributed by atoms with van der Waals surface area (Å²) in [6.45, 7) is 2.90. The Balaban J connectivity index is 1.66.